The number of benzene rings is 2. The lowest BCUT2D eigenvalue weighted by atomic mass is 9.74. The quantitative estimate of drug-likeness (QED) is 0.508. The van der Waals surface area contributed by atoms with E-state index in [0.29, 0.717) is 19.6 Å². The maximum atomic E-state index is 14.5. The molecule has 7 nitrogen and oxygen atoms in total. The van der Waals surface area contributed by atoms with E-state index in [4.69, 9.17) is 4.74 Å². The first-order chi connectivity index (χ1) is 17.9. The molecule has 2 aromatic carbocycles. The third kappa shape index (κ3) is 4.52. The first-order valence-corrected chi connectivity index (χ1v) is 13.9. The van der Waals surface area contributed by atoms with Crippen LogP contribution in [0.1, 0.15) is 23.6 Å². The summed E-state index contributed by atoms with van der Waals surface area (Å²) in [6.45, 7) is 4.23. The molecule has 3 aliphatic rings. The van der Waals surface area contributed by atoms with Gasteiger partial charge >= 0.3 is 0 Å². The molecule has 0 saturated carbocycles. The molecule has 37 heavy (non-hydrogen) atoms. The Labute approximate surface area is 215 Å². The third-order valence-electron chi connectivity index (χ3n) is 7.65. The summed E-state index contributed by atoms with van der Waals surface area (Å²) >= 11 is 0. The van der Waals surface area contributed by atoms with Crippen LogP contribution >= 0.6 is 0 Å². The molecule has 0 radical (unpaired) electrons. The second-order valence-electron chi connectivity index (χ2n) is 9.76. The van der Waals surface area contributed by atoms with Crippen LogP contribution in [0.15, 0.2) is 65.2 Å². The van der Waals surface area contributed by atoms with Gasteiger partial charge in [-0.15, -0.1) is 0 Å². The van der Waals surface area contributed by atoms with Gasteiger partial charge in [0.05, 0.1) is 30.8 Å². The molecule has 2 saturated heterocycles. The van der Waals surface area contributed by atoms with Gasteiger partial charge < -0.3 is 4.74 Å². The lowest BCUT2D eigenvalue weighted by molar-refractivity contribution is 0.0319. The number of aromatic nitrogens is 2. The van der Waals surface area contributed by atoms with E-state index in [1.807, 2.05) is 10.9 Å². The Morgan fingerprint density at radius 1 is 1.00 bits per heavy atom. The molecule has 10 heteroatoms. The van der Waals surface area contributed by atoms with Crippen molar-refractivity contribution in [2.75, 3.05) is 45.9 Å². The minimum atomic E-state index is -3.98. The summed E-state index contributed by atoms with van der Waals surface area (Å²) in [7, 11) is -3.98. The van der Waals surface area contributed by atoms with Gasteiger partial charge in [-0.25, -0.2) is 21.9 Å². The average Bonchev–Trinajstić information content (AvgIpc) is 3.33. The second kappa shape index (κ2) is 9.75. The highest BCUT2D eigenvalue weighted by molar-refractivity contribution is 7.89. The van der Waals surface area contributed by atoms with Crippen LogP contribution in [0.3, 0.4) is 0 Å². The molecule has 0 spiro atoms. The highest BCUT2D eigenvalue weighted by Crippen LogP contribution is 2.44. The Bertz CT molecular complexity index is 1430. The lowest BCUT2D eigenvalue weighted by Crippen LogP contribution is -2.47. The topological polar surface area (TPSA) is 67.7 Å². The smallest absolute Gasteiger partial charge is 0.246 e. The number of halogens is 2. The fraction of sp³-hybridized carbons (Fsp3) is 0.370. The molecule has 0 N–H and O–H groups in total. The zero-order valence-corrected chi connectivity index (χ0v) is 21.1. The number of hydrogen-bond acceptors (Lipinski definition) is 5. The van der Waals surface area contributed by atoms with E-state index >= 15 is 0 Å². The average molecular weight is 527 g/mol. The summed E-state index contributed by atoms with van der Waals surface area (Å²) in [5.74, 6) is -1.10. The highest BCUT2D eigenvalue weighted by atomic mass is 32.2. The van der Waals surface area contributed by atoms with Gasteiger partial charge in [-0.05, 0) is 48.9 Å². The van der Waals surface area contributed by atoms with E-state index < -0.39 is 15.8 Å². The van der Waals surface area contributed by atoms with Crippen LogP contribution in [0.25, 0.3) is 11.8 Å². The normalized spacial score (nSPS) is 22.8. The second-order valence-corrected chi connectivity index (χ2v) is 11.7. The predicted octanol–water partition coefficient (Wildman–Crippen LogP) is 3.67. The van der Waals surface area contributed by atoms with Gasteiger partial charge in [0.2, 0.25) is 10.0 Å². The van der Waals surface area contributed by atoms with Crippen LogP contribution in [-0.4, -0.2) is 73.3 Å². The first kappa shape index (κ1) is 24.4. The van der Waals surface area contributed by atoms with E-state index in [1.54, 1.807) is 18.2 Å². The molecule has 2 atom stereocenters. The van der Waals surface area contributed by atoms with Crippen molar-refractivity contribution in [3.8, 4) is 5.69 Å². The molecule has 2 aliphatic heterocycles. The van der Waals surface area contributed by atoms with Gasteiger partial charge in [-0.3, -0.25) is 4.90 Å². The Kier molecular flexibility index (Phi) is 6.44. The number of ether oxygens (including phenoxy) is 1. The molecule has 3 aromatic rings. The van der Waals surface area contributed by atoms with Gasteiger partial charge in [0.15, 0.2) is 0 Å². The lowest BCUT2D eigenvalue weighted by Gasteiger charge is -2.42. The van der Waals surface area contributed by atoms with E-state index in [-0.39, 0.29) is 35.6 Å². The Hall–Kier alpha value is -2.92. The summed E-state index contributed by atoms with van der Waals surface area (Å²) in [5, 5.41) is 4.65. The molecular weight excluding hydrogens is 498 g/mol. The summed E-state index contributed by atoms with van der Waals surface area (Å²) in [5.41, 5.74) is 3.91. The van der Waals surface area contributed by atoms with E-state index in [1.165, 1.54) is 34.6 Å². The first-order valence-electron chi connectivity index (χ1n) is 12.5. The predicted molar refractivity (Wildman–Crippen MR) is 135 cm³/mol. The maximum Gasteiger partial charge on any atom is 0.246 e. The molecule has 194 valence electrons. The number of piperidine rings is 1. The zero-order chi connectivity index (χ0) is 25.6. The fourth-order valence-electron chi connectivity index (χ4n) is 5.71. The standard InChI is InChI=1S/C27H28F2N4O3S/c28-20-5-7-21(8-6-20)33-26-15-19-9-10-32(37(34,35)27-4-2-1-3-25(27)29)18-23(19)24(22(26)16-30-33)17-31-11-13-36-14-12-31/h1-8,15-16,23-24H,9-14,17-18H2/t23?,24-/m1/s1. The number of sulfonamides is 1. The van der Waals surface area contributed by atoms with Gasteiger partial charge in [-0.2, -0.15) is 9.40 Å². The third-order valence-corrected chi connectivity index (χ3v) is 9.55. The van der Waals surface area contributed by atoms with Crippen LogP contribution in [0, 0.1) is 17.6 Å². The molecule has 3 heterocycles. The van der Waals surface area contributed by atoms with Crippen molar-refractivity contribution < 1.29 is 21.9 Å². The van der Waals surface area contributed by atoms with Gasteiger partial charge in [-0.1, -0.05) is 17.7 Å². The van der Waals surface area contributed by atoms with Crippen molar-refractivity contribution in [3.05, 3.63) is 83.2 Å². The molecule has 1 aliphatic carbocycles. The highest BCUT2D eigenvalue weighted by Gasteiger charge is 2.42. The number of morpholine rings is 1. The van der Waals surface area contributed by atoms with Gasteiger partial charge in [0.1, 0.15) is 16.5 Å². The van der Waals surface area contributed by atoms with Crippen LogP contribution in [0.5, 0.6) is 0 Å². The van der Waals surface area contributed by atoms with Crippen LogP contribution in [0.4, 0.5) is 8.78 Å². The maximum absolute atomic E-state index is 14.5. The summed E-state index contributed by atoms with van der Waals surface area (Å²) in [6, 6.07) is 11.8. The summed E-state index contributed by atoms with van der Waals surface area (Å²) in [4.78, 5) is 2.06. The Morgan fingerprint density at radius 2 is 1.76 bits per heavy atom. The van der Waals surface area contributed by atoms with Crippen molar-refractivity contribution in [3.63, 3.8) is 0 Å². The number of nitrogens with zero attached hydrogens (tertiary/aromatic N) is 4. The Morgan fingerprint density at radius 3 is 2.51 bits per heavy atom. The fourth-order valence-corrected chi connectivity index (χ4v) is 7.24. The molecule has 6 rings (SSSR count). The van der Waals surface area contributed by atoms with Crippen molar-refractivity contribution in [1.82, 2.24) is 19.0 Å². The molecule has 2 fully saturated rings. The number of rotatable bonds is 5. The SMILES string of the molecule is O=S(=O)(c1ccccc1F)N1CCC2=Cc3c(cnn3-c3ccc(F)cc3)[C@@H](CN3CCOCC3)C2C1. The van der Waals surface area contributed by atoms with Crippen molar-refractivity contribution >= 4 is 16.1 Å². The zero-order valence-electron chi connectivity index (χ0n) is 20.3. The number of hydrogen-bond donors (Lipinski definition) is 0. The summed E-state index contributed by atoms with van der Waals surface area (Å²) in [6.07, 6.45) is 4.51. The largest absolute Gasteiger partial charge is 0.379 e. The van der Waals surface area contributed by atoms with Gasteiger partial charge in [0.25, 0.3) is 0 Å². The van der Waals surface area contributed by atoms with E-state index in [2.05, 4.69) is 16.1 Å². The van der Waals surface area contributed by atoms with Crippen molar-refractivity contribution in [2.45, 2.75) is 17.2 Å². The molecular formula is C27H28F2N4O3S. The monoisotopic (exact) mass is 526 g/mol. The molecule has 1 unspecified atom stereocenters. The molecule has 0 bridgehead atoms. The van der Waals surface area contributed by atoms with Crippen molar-refractivity contribution in [2.24, 2.45) is 5.92 Å². The van der Waals surface area contributed by atoms with E-state index in [9.17, 15) is 17.2 Å². The minimum absolute atomic E-state index is 0.000851. The Balaban J connectivity index is 1.37. The van der Waals surface area contributed by atoms with Crippen LogP contribution in [0.2, 0.25) is 0 Å². The van der Waals surface area contributed by atoms with E-state index in [0.717, 1.165) is 42.2 Å². The van der Waals surface area contributed by atoms with Crippen LogP contribution in [-0.2, 0) is 14.8 Å². The molecule has 0 amide bonds. The van der Waals surface area contributed by atoms with Gasteiger partial charge in [0, 0.05) is 50.1 Å². The molecule has 1 aromatic heterocycles. The summed E-state index contributed by atoms with van der Waals surface area (Å²) < 4.78 is 63.7. The minimum Gasteiger partial charge on any atom is -0.379 e. The van der Waals surface area contributed by atoms with Crippen molar-refractivity contribution in [1.29, 1.82) is 0 Å². The van der Waals surface area contributed by atoms with Crippen LogP contribution < -0.4 is 0 Å². The number of fused-ring (bicyclic) bond motifs is 2.